The molecule has 1 N–H and O–H groups in total. The zero-order chi connectivity index (χ0) is 14.0. The van der Waals surface area contributed by atoms with Crippen molar-refractivity contribution in [3.63, 3.8) is 0 Å². The molecule has 20 heavy (non-hydrogen) atoms. The standard InChI is InChI=1S/C17H25NS2/c1-3-10-19-17(20-11-4-2)12-13-8-9-18-15-7-5-6-14(17)16(13)15/h5-7,13,18H,3-4,8-12H2,1-2H3/t13-/m0/s1. The molecule has 0 spiro atoms. The summed E-state index contributed by atoms with van der Waals surface area (Å²) in [5, 5.41) is 3.61. The van der Waals surface area contributed by atoms with E-state index in [1.54, 1.807) is 11.1 Å². The average molecular weight is 308 g/mol. The van der Waals surface area contributed by atoms with Crippen molar-refractivity contribution in [3.05, 3.63) is 29.3 Å². The molecule has 1 heterocycles. The predicted octanol–water partition coefficient (Wildman–Crippen LogP) is 5.43. The molecule has 1 aromatic carbocycles. The van der Waals surface area contributed by atoms with Gasteiger partial charge >= 0.3 is 0 Å². The van der Waals surface area contributed by atoms with E-state index in [4.69, 9.17) is 0 Å². The fourth-order valence-corrected chi connectivity index (χ4v) is 6.71. The fourth-order valence-electron chi connectivity index (χ4n) is 3.50. The monoisotopic (exact) mass is 307 g/mol. The van der Waals surface area contributed by atoms with E-state index >= 15 is 0 Å². The van der Waals surface area contributed by atoms with Gasteiger partial charge in [0.2, 0.25) is 0 Å². The van der Waals surface area contributed by atoms with Crippen LogP contribution in [0.15, 0.2) is 18.2 Å². The van der Waals surface area contributed by atoms with Crippen LogP contribution in [0.1, 0.15) is 56.6 Å². The summed E-state index contributed by atoms with van der Waals surface area (Å²) in [6.45, 7) is 5.75. The van der Waals surface area contributed by atoms with E-state index in [0.29, 0.717) is 4.08 Å². The lowest BCUT2D eigenvalue weighted by atomic mass is 9.93. The van der Waals surface area contributed by atoms with Gasteiger partial charge in [0.15, 0.2) is 0 Å². The Kier molecular flexibility index (Phi) is 4.56. The molecule has 0 saturated heterocycles. The van der Waals surface area contributed by atoms with E-state index in [1.165, 1.54) is 42.9 Å². The minimum Gasteiger partial charge on any atom is -0.385 e. The van der Waals surface area contributed by atoms with Crippen LogP contribution in [0.25, 0.3) is 0 Å². The number of thioether (sulfide) groups is 2. The van der Waals surface area contributed by atoms with Crippen LogP contribution in [0.3, 0.4) is 0 Å². The molecule has 110 valence electrons. The summed E-state index contributed by atoms with van der Waals surface area (Å²) < 4.78 is 0.327. The highest BCUT2D eigenvalue weighted by Crippen LogP contribution is 2.62. The molecule has 1 nitrogen and oxygen atoms in total. The second kappa shape index (κ2) is 6.23. The number of anilines is 1. The molecule has 1 aromatic rings. The number of nitrogens with one attached hydrogen (secondary N) is 1. The molecule has 0 aromatic heterocycles. The number of hydrogen-bond donors (Lipinski definition) is 1. The summed E-state index contributed by atoms with van der Waals surface area (Å²) in [5.74, 6) is 3.34. The molecule has 0 radical (unpaired) electrons. The third-order valence-corrected chi connectivity index (χ3v) is 7.96. The molecule has 0 unspecified atom stereocenters. The molecular weight excluding hydrogens is 282 g/mol. The first-order chi connectivity index (χ1) is 9.80. The van der Waals surface area contributed by atoms with Gasteiger partial charge < -0.3 is 5.32 Å². The average Bonchev–Trinajstić information content (AvgIpc) is 2.80. The quantitative estimate of drug-likeness (QED) is 0.704. The van der Waals surface area contributed by atoms with Crippen LogP contribution < -0.4 is 5.32 Å². The summed E-state index contributed by atoms with van der Waals surface area (Å²) in [5.41, 5.74) is 4.69. The van der Waals surface area contributed by atoms with Gasteiger partial charge in [-0.1, -0.05) is 26.0 Å². The summed E-state index contributed by atoms with van der Waals surface area (Å²) in [4.78, 5) is 0. The SMILES string of the molecule is CCCSC1(SCCC)C[C@@H]2CCNc3cccc1c32. The molecule has 1 aliphatic heterocycles. The van der Waals surface area contributed by atoms with E-state index in [9.17, 15) is 0 Å². The van der Waals surface area contributed by atoms with Crippen molar-refractivity contribution < 1.29 is 0 Å². The van der Waals surface area contributed by atoms with Crippen LogP contribution in [0.4, 0.5) is 5.69 Å². The summed E-state index contributed by atoms with van der Waals surface area (Å²) in [6, 6.07) is 6.93. The minimum atomic E-state index is 0.327. The first-order valence-electron chi connectivity index (χ1n) is 7.96. The molecule has 2 aliphatic rings. The van der Waals surface area contributed by atoms with Crippen molar-refractivity contribution >= 4 is 29.2 Å². The first kappa shape index (κ1) is 14.6. The first-order valence-corrected chi connectivity index (χ1v) is 9.93. The zero-order valence-corrected chi connectivity index (χ0v) is 14.2. The normalized spacial score (nSPS) is 22.4. The van der Waals surface area contributed by atoms with Gasteiger partial charge in [0.1, 0.15) is 0 Å². The summed E-state index contributed by atoms with van der Waals surface area (Å²) in [6.07, 6.45) is 5.20. The van der Waals surface area contributed by atoms with Gasteiger partial charge in [-0.15, -0.1) is 23.5 Å². The lowest BCUT2D eigenvalue weighted by molar-refractivity contribution is 0.606. The van der Waals surface area contributed by atoms with Gasteiger partial charge in [-0.3, -0.25) is 0 Å². The smallest absolute Gasteiger partial charge is 0.0869 e. The van der Waals surface area contributed by atoms with Crippen LogP contribution >= 0.6 is 23.5 Å². The van der Waals surface area contributed by atoms with E-state index in [2.05, 4.69) is 60.9 Å². The molecule has 3 rings (SSSR count). The maximum atomic E-state index is 3.61. The highest BCUT2D eigenvalue weighted by Gasteiger charge is 2.46. The van der Waals surface area contributed by atoms with Crippen molar-refractivity contribution in [1.29, 1.82) is 0 Å². The second-order valence-corrected chi connectivity index (χ2v) is 8.88. The lowest BCUT2D eigenvalue weighted by Crippen LogP contribution is -2.16. The van der Waals surface area contributed by atoms with Crippen LogP contribution in [0.5, 0.6) is 0 Å². The Morgan fingerprint density at radius 1 is 1.20 bits per heavy atom. The van der Waals surface area contributed by atoms with Crippen LogP contribution in [-0.2, 0) is 4.08 Å². The largest absolute Gasteiger partial charge is 0.385 e. The molecule has 0 bridgehead atoms. The van der Waals surface area contributed by atoms with E-state index in [0.717, 1.165) is 12.5 Å². The maximum absolute atomic E-state index is 3.61. The van der Waals surface area contributed by atoms with Crippen molar-refractivity contribution in [2.45, 2.75) is 49.5 Å². The van der Waals surface area contributed by atoms with Gasteiger partial charge in [0.05, 0.1) is 4.08 Å². The fraction of sp³-hybridized carbons (Fsp3) is 0.647. The molecular formula is C17H25NS2. The summed E-state index contributed by atoms with van der Waals surface area (Å²) >= 11 is 4.41. The third-order valence-electron chi connectivity index (χ3n) is 4.33. The Balaban J connectivity index is 1.98. The van der Waals surface area contributed by atoms with Gasteiger partial charge in [0, 0.05) is 12.2 Å². The van der Waals surface area contributed by atoms with E-state index < -0.39 is 0 Å². The van der Waals surface area contributed by atoms with Crippen molar-refractivity contribution in [2.75, 3.05) is 23.4 Å². The van der Waals surface area contributed by atoms with Crippen LogP contribution in [0, 0.1) is 0 Å². The topological polar surface area (TPSA) is 12.0 Å². The molecule has 1 atom stereocenters. The Morgan fingerprint density at radius 3 is 2.65 bits per heavy atom. The predicted molar refractivity (Wildman–Crippen MR) is 94.1 cm³/mol. The number of rotatable bonds is 6. The van der Waals surface area contributed by atoms with Crippen LogP contribution in [-0.4, -0.2) is 18.1 Å². The van der Waals surface area contributed by atoms with E-state index in [-0.39, 0.29) is 0 Å². The van der Waals surface area contributed by atoms with Gasteiger partial charge in [-0.05, 0) is 60.3 Å². The summed E-state index contributed by atoms with van der Waals surface area (Å²) in [7, 11) is 0. The highest BCUT2D eigenvalue weighted by atomic mass is 32.2. The van der Waals surface area contributed by atoms with Gasteiger partial charge in [0.25, 0.3) is 0 Å². The molecule has 0 saturated carbocycles. The minimum absolute atomic E-state index is 0.327. The molecule has 3 heteroatoms. The zero-order valence-electron chi connectivity index (χ0n) is 12.6. The lowest BCUT2D eigenvalue weighted by Gasteiger charge is -2.29. The molecule has 1 aliphatic carbocycles. The van der Waals surface area contributed by atoms with Gasteiger partial charge in [-0.2, -0.15) is 0 Å². The van der Waals surface area contributed by atoms with E-state index in [1.807, 2.05) is 0 Å². The third kappa shape index (κ3) is 2.48. The van der Waals surface area contributed by atoms with Crippen molar-refractivity contribution in [1.82, 2.24) is 0 Å². The van der Waals surface area contributed by atoms with Crippen molar-refractivity contribution in [2.24, 2.45) is 0 Å². The molecule has 0 fully saturated rings. The Bertz CT molecular complexity index is 464. The maximum Gasteiger partial charge on any atom is 0.0869 e. The van der Waals surface area contributed by atoms with Crippen molar-refractivity contribution in [3.8, 4) is 0 Å². The van der Waals surface area contributed by atoms with Gasteiger partial charge in [-0.25, -0.2) is 0 Å². The second-order valence-electron chi connectivity index (χ2n) is 5.83. The number of hydrogen-bond acceptors (Lipinski definition) is 3. The highest BCUT2D eigenvalue weighted by molar-refractivity contribution is 8.17. The Morgan fingerprint density at radius 2 is 1.95 bits per heavy atom. The molecule has 0 amide bonds. The Labute approximate surface area is 131 Å². The Hall–Kier alpha value is -0.280. The number of benzene rings is 1. The van der Waals surface area contributed by atoms with Crippen LogP contribution in [0.2, 0.25) is 0 Å².